The summed E-state index contributed by atoms with van der Waals surface area (Å²) in [5.74, 6) is -0.344. The summed E-state index contributed by atoms with van der Waals surface area (Å²) in [6.07, 6.45) is 1.02. The third kappa shape index (κ3) is 4.63. The molecule has 1 N–H and O–H groups in total. The maximum atomic E-state index is 11.0. The number of carboxylic acids is 1. The van der Waals surface area contributed by atoms with Crippen LogP contribution in [0.5, 0.6) is 0 Å². The molecule has 0 aliphatic rings. The lowest BCUT2D eigenvalue weighted by Gasteiger charge is -2.10. The topological polar surface area (TPSA) is 77.2 Å². The number of carboxylic acid groups (broad SMARTS) is 1. The first-order valence-corrected chi connectivity index (χ1v) is 6.67. The molecule has 108 valence electrons. The van der Waals surface area contributed by atoms with Crippen LogP contribution in [0.1, 0.15) is 56.2 Å². The van der Waals surface area contributed by atoms with Crippen LogP contribution in [0.15, 0.2) is 0 Å². The highest BCUT2D eigenvalue weighted by Crippen LogP contribution is 2.17. The molecule has 0 aliphatic carbocycles. The van der Waals surface area contributed by atoms with Gasteiger partial charge in [-0.1, -0.05) is 32.9 Å². The molecule has 0 bridgehead atoms. The number of ether oxygens (including phenoxy) is 1. The van der Waals surface area contributed by atoms with E-state index in [0.29, 0.717) is 24.8 Å². The van der Waals surface area contributed by atoms with Crippen molar-refractivity contribution >= 4 is 5.97 Å². The van der Waals surface area contributed by atoms with Gasteiger partial charge in [-0.15, -0.1) is 5.10 Å². The van der Waals surface area contributed by atoms with Crippen LogP contribution in [0, 0.1) is 5.92 Å². The first-order chi connectivity index (χ1) is 8.93. The number of hydrogen-bond donors (Lipinski definition) is 1. The summed E-state index contributed by atoms with van der Waals surface area (Å²) in [6.45, 7) is 9.94. The fourth-order valence-corrected chi connectivity index (χ4v) is 1.78. The van der Waals surface area contributed by atoms with Crippen molar-refractivity contribution in [2.75, 3.05) is 13.2 Å². The highest BCUT2D eigenvalue weighted by molar-refractivity contribution is 5.86. The van der Waals surface area contributed by atoms with E-state index in [9.17, 15) is 4.79 Å². The number of hydrogen-bond acceptors (Lipinski definition) is 4. The predicted octanol–water partition coefficient (Wildman–Crippen LogP) is 2.16. The molecule has 6 nitrogen and oxygen atoms in total. The minimum atomic E-state index is -1.03. The third-order valence-electron chi connectivity index (χ3n) is 2.81. The van der Waals surface area contributed by atoms with Gasteiger partial charge in [0.25, 0.3) is 0 Å². The zero-order valence-corrected chi connectivity index (χ0v) is 12.1. The lowest BCUT2D eigenvalue weighted by Crippen LogP contribution is -2.14. The van der Waals surface area contributed by atoms with E-state index in [2.05, 4.69) is 24.2 Å². The number of aromatic nitrogens is 3. The second-order valence-corrected chi connectivity index (χ2v) is 5.30. The number of carbonyl (C=O) groups is 1. The number of nitrogens with zero attached hydrogens (tertiary/aromatic N) is 3. The van der Waals surface area contributed by atoms with Gasteiger partial charge in [-0.3, -0.25) is 0 Å². The van der Waals surface area contributed by atoms with Gasteiger partial charge in [0, 0.05) is 6.61 Å². The molecule has 0 saturated carbocycles. The van der Waals surface area contributed by atoms with Gasteiger partial charge in [-0.25, -0.2) is 9.48 Å². The van der Waals surface area contributed by atoms with Crippen LogP contribution in [0.3, 0.4) is 0 Å². The monoisotopic (exact) mass is 269 g/mol. The van der Waals surface area contributed by atoms with Crippen molar-refractivity contribution in [3.8, 4) is 0 Å². The molecule has 6 heteroatoms. The summed E-state index contributed by atoms with van der Waals surface area (Å²) >= 11 is 0. The highest BCUT2D eigenvalue weighted by Gasteiger charge is 2.21. The van der Waals surface area contributed by atoms with E-state index in [1.165, 1.54) is 0 Å². The lowest BCUT2D eigenvalue weighted by molar-refractivity contribution is 0.0688. The van der Waals surface area contributed by atoms with Gasteiger partial charge >= 0.3 is 5.97 Å². The van der Waals surface area contributed by atoms with Crippen molar-refractivity contribution in [2.24, 2.45) is 5.92 Å². The first kappa shape index (κ1) is 15.6. The van der Waals surface area contributed by atoms with Gasteiger partial charge in [-0.2, -0.15) is 0 Å². The third-order valence-corrected chi connectivity index (χ3v) is 2.81. The molecular formula is C13H23N3O3. The molecule has 0 aliphatic heterocycles. The maximum Gasteiger partial charge on any atom is 0.358 e. The van der Waals surface area contributed by atoms with Crippen molar-refractivity contribution in [2.45, 2.75) is 46.6 Å². The van der Waals surface area contributed by atoms with Crippen molar-refractivity contribution in [1.29, 1.82) is 0 Å². The molecule has 0 radical (unpaired) electrons. The lowest BCUT2D eigenvalue weighted by atomic mass is 10.1. The van der Waals surface area contributed by atoms with E-state index in [1.54, 1.807) is 4.68 Å². The van der Waals surface area contributed by atoms with E-state index in [1.807, 2.05) is 13.8 Å². The molecule has 19 heavy (non-hydrogen) atoms. The normalized spacial score (nSPS) is 11.5. The second-order valence-electron chi connectivity index (χ2n) is 5.30. The van der Waals surface area contributed by atoms with Crippen LogP contribution in [-0.2, 0) is 11.3 Å². The predicted molar refractivity (Wildman–Crippen MR) is 71.3 cm³/mol. The standard InChI is InChI=1S/C13H23N3O3/c1-9(2)5-7-19-8-6-16-12(10(3)4)11(13(17)18)14-15-16/h9-10H,5-8H2,1-4H3,(H,17,18). The zero-order valence-electron chi connectivity index (χ0n) is 12.1. The van der Waals surface area contributed by atoms with Gasteiger partial charge in [-0.05, 0) is 18.3 Å². The molecule has 1 aromatic heterocycles. The highest BCUT2D eigenvalue weighted by atomic mass is 16.5. The smallest absolute Gasteiger partial charge is 0.358 e. The van der Waals surface area contributed by atoms with E-state index in [0.717, 1.165) is 13.0 Å². The molecule has 1 rings (SSSR count). The summed E-state index contributed by atoms with van der Waals surface area (Å²) in [4.78, 5) is 11.0. The SMILES string of the molecule is CC(C)CCOCCn1nnc(C(=O)O)c1C(C)C. The Hall–Kier alpha value is -1.43. The van der Waals surface area contributed by atoms with Crippen molar-refractivity contribution in [1.82, 2.24) is 15.0 Å². The van der Waals surface area contributed by atoms with Crippen LogP contribution in [0.25, 0.3) is 0 Å². The summed E-state index contributed by atoms with van der Waals surface area (Å²) in [5, 5.41) is 16.7. The minimum absolute atomic E-state index is 0.0391. The molecule has 0 spiro atoms. The molecule has 1 aromatic rings. The van der Waals surface area contributed by atoms with Gasteiger partial charge in [0.2, 0.25) is 0 Å². The molecule has 1 heterocycles. The zero-order chi connectivity index (χ0) is 14.4. The Morgan fingerprint density at radius 1 is 1.32 bits per heavy atom. The van der Waals surface area contributed by atoms with Crippen LogP contribution in [-0.4, -0.2) is 39.3 Å². The van der Waals surface area contributed by atoms with Crippen LogP contribution in [0.2, 0.25) is 0 Å². The summed E-state index contributed by atoms with van der Waals surface area (Å²) in [6, 6.07) is 0. The number of rotatable bonds is 8. The average Bonchev–Trinajstić information content (AvgIpc) is 2.72. The van der Waals surface area contributed by atoms with Crippen LogP contribution in [0.4, 0.5) is 0 Å². The summed E-state index contributed by atoms with van der Waals surface area (Å²) in [5.41, 5.74) is 0.692. The van der Waals surface area contributed by atoms with Crippen LogP contribution >= 0.6 is 0 Å². The Morgan fingerprint density at radius 3 is 2.53 bits per heavy atom. The average molecular weight is 269 g/mol. The van der Waals surface area contributed by atoms with Gasteiger partial charge < -0.3 is 9.84 Å². The summed E-state index contributed by atoms with van der Waals surface area (Å²) < 4.78 is 7.15. The Morgan fingerprint density at radius 2 is 2.00 bits per heavy atom. The molecule has 0 fully saturated rings. The quantitative estimate of drug-likeness (QED) is 0.732. The van der Waals surface area contributed by atoms with Crippen molar-refractivity contribution in [3.63, 3.8) is 0 Å². The molecule has 0 saturated heterocycles. The Labute approximate surface area is 113 Å². The Balaban J connectivity index is 2.56. The molecule has 0 amide bonds. The largest absolute Gasteiger partial charge is 0.476 e. The van der Waals surface area contributed by atoms with E-state index in [-0.39, 0.29) is 11.6 Å². The molecule has 0 unspecified atom stereocenters. The molecule has 0 atom stereocenters. The van der Waals surface area contributed by atoms with E-state index < -0.39 is 5.97 Å². The minimum Gasteiger partial charge on any atom is -0.476 e. The molecule has 0 aromatic carbocycles. The van der Waals surface area contributed by atoms with Gasteiger partial charge in [0.05, 0.1) is 18.8 Å². The fraction of sp³-hybridized carbons (Fsp3) is 0.769. The Kier molecular flexibility index (Phi) is 5.95. The Bertz CT molecular complexity index is 413. The second kappa shape index (κ2) is 7.23. The summed E-state index contributed by atoms with van der Waals surface area (Å²) in [7, 11) is 0. The van der Waals surface area contributed by atoms with E-state index >= 15 is 0 Å². The van der Waals surface area contributed by atoms with Gasteiger partial charge in [0.1, 0.15) is 0 Å². The number of aromatic carboxylic acids is 1. The van der Waals surface area contributed by atoms with Crippen LogP contribution < -0.4 is 0 Å². The van der Waals surface area contributed by atoms with Crippen molar-refractivity contribution < 1.29 is 14.6 Å². The van der Waals surface area contributed by atoms with E-state index in [4.69, 9.17) is 9.84 Å². The molecular weight excluding hydrogens is 246 g/mol. The van der Waals surface area contributed by atoms with Crippen molar-refractivity contribution in [3.05, 3.63) is 11.4 Å². The first-order valence-electron chi connectivity index (χ1n) is 6.67. The fourth-order valence-electron chi connectivity index (χ4n) is 1.78. The maximum absolute atomic E-state index is 11.0. The van der Waals surface area contributed by atoms with Gasteiger partial charge in [0.15, 0.2) is 5.69 Å².